The number of ether oxygens (including phenoxy) is 2. The molecule has 0 bridgehead atoms. The first-order valence-corrected chi connectivity index (χ1v) is 11.9. The van der Waals surface area contributed by atoms with Crippen LogP contribution in [0.3, 0.4) is 0 Å². The number of hydrogen-bond donors (Lipinski definition) is 1. The molecule has 0 spiro atoms. The van der Waals surface area contributed by atoms with Crippen molar-refractivity contribution in [3.63, 3.8) is 0 Å². The van der Waals surface area contributed by atoms with E-state index in [0.717, 1.165) is 16.7 Å². The smallest absolute Gasteiger partial charge is 0.255 e. The Kier molecular flexibility index (Phi) is 6.70. The van der Waals surface area contributed by atoms with Gasteiger partial charge in [0, 0.05) is 36.6 Å². The molecule has 11 heteroatoms. The highest BCUT2D eigenvalue weighted by atomic mass is 16.5. The zero-order valence-electron chi connectivity index (χ0n) is 19.8. The lowest BCUT2D eigenvalue weighted by atomic mass is 9.52. The van der Waals surface area contributed by atoms with Crippen LogP contribution in [-0.2, 0) is 34.0 Å². The van der Waals surface area contributed by atoms with Crippen LogP contribution in [-0.4, -0.2) is 81.6 Å². The van der Waals surface area contributed by atoms with E-state index in [-0.39, 0.29) is 24.8 Å². The van der Waals surface area contributed by atoms with Crippen molar-refractivity contribution >= 4 is 41.3 Å². The summed E-state index contributed by atoms with van der Waals surface area (Å²) in [4.78, 5) is 40.2. The molecule has 2 aromatic rings. The van der Waals surface area contributed by atoms with Gasteiger partial charge in [0.2, 0.25) is 11.8 Å². The minimum atomic E-state index is -1.24. The zero-order chi connectivity index (χ0) is 25.4. The number of amides is 3. The minimum Gasteiger partial charge on any atom is -0.489 e. The fraction of sp³-hybridized carbons (Fsp3) is 0.400. The molecule has 0 aromatic heterocycles. The van der Waals surface area contributed by atoms with E-state index in [1.165, 1.54) is 4.90 Å². The van der Waals surface area contributed by atoms with Gasteiger partial charge < -0.3 is 19.3 Å². The summed E-state index contributed by atoms with van der Waals surface area (Å²) in [6.07, 6.45) is 0.532. The first kappa shape index (κ1) is 24.7. The number of carbonyl (C=O) groups is 3. The number of piperidine rings is 1. The molecule has 3 aliphatic rings. The highest BCUT2D eigenvalue weighted by Crippen LogP contribution is 2.34. The fourth-order valence-corrected chi connectivity index (χ4v) is 4.83. The number of hydrogen-bond acceptors (Lipinski definition) is 6. The van der Waals surface area contributed by atoms with Crippen LogP contribution in [0.15, 0.2) is 42.5 Å². The van der Waals surface area contributed by atoms with Gasteiger partial charge in [-0.1, -0.05) is 30.3 Å². The molecule has 2 fully saturated rings. The largest absolute Gasteiger partial charge is 0.489 e. The fourth-order valence-electron chi connectivity index (χ4n) is 4.83. The lowest BCUT2D eigenvalue weighted by Gasteiger charge is -2.48. The van der Waals surface area contributed by atoms with Crippen molar-refractivity contribution in [1.82, 2.24) is 15.1 Å². The van der Waals surface area contributed by atoms with Crippen molar-refractivity contribution < 1.29 is 23.9 Å². The van der Waals surface area contributed by atoms with E-state index in [9.17, 15) is 14.4 Å². The van der Waals surface area contributed by atoms with E-state index < -0.39 is 23.3 Å². The van der Waals surface area contributed by atoms with E-state index in [4.69, 9.17) is 33.0 Å². The standard InChI is InChI=1S/C25H24B3N3O5/c26-24-25(27,28)30(10-11-35-24)12-15-4-6-16(7-5-15)14-36-20-3-1-2-17-18(20)13-31(23(17)34)19-8-9-21(32)29-22(19)33/h1-7,19,24H,8-14H2,(H,29,32,33). The van der Waals surface area contributed by atoms with Gasteiger partial charge in [-0.25, -0.2) is 0 Å². The summed E-state index contributed by atoms with van der Waals surface area (Å²) in [7, 11) is 18.2. The molecule has 0 saturated carbocycles. The van der Waals surface area contributed by atoms with Crippen LogP contribution in [0.1, 0.15) is 39.9 Å². The first-order valence-electron chi connectivity index (χ1n) is 11.9. The maximum atomic E-state index is 13.0. The monoisotopic (exact) mass is 479 g/mol. The number of fused-ring (bicyclic) bond motifs is 1. The summed E-state index contributed by atoms with van der Waals surface area (Å²) in [6, 6.07) is 11.8. The van der Waals surface area contributed by atoms with Gasteiger partial charge in [0.1, 0.15) is 26.2 Å². The third-order valence-electron chi connectivity index (χ3n) is 6.99. The molecule has 1 N–H and O–H groups in total. The van der Waals surface area contributed by atoms with Crippen LogP contribution in [0, 0.1) is 0 Å². The van der Waals surface area contributed by atoms with Crippen LogP contribution >= 0.6 is 0 Å². The molecule has 3 amide bonds. The molecule has 6 radical (unpaired) electrons. The SMILES string of the molecule is [B]C1OCCN(Cc2ccc(COc3cccc4c3CN(C3CCC(=O)NC3=O)C4=O)cc2)C1([B])[B]. The van der Waals surface area contributed by atoms with Crippen LogP contribution in [0.25, 0.3) is 0 Å². The molecule has 178 valence electrons. The maximum absolute atomic E-state index is 13.0. The average Bonchev–Trinajstić information content (AvgIpc) is 3.18. The summed E-state index contributed by atoms with van der Waals surface area (Å²) in [5, 5.41) is 1.08. The number of nitrogens with zero attached hydrogens (tertiary/aromatic N) is 2. The topological polar surface area (TPSA) is 88.2 Å². The van der Waals surface area contributed by atoms with Crippen LogP contribution in [0.4, 0.5) is 0 Å². The normalized spacial score (nSPS) is 23.9. The predicted octanol–water partition coefficient (Wildman–Crippen LogP) is 0.344. The van der Waals surface area contributed by atoms with Crippen LogP contribution in [0.2, 0.25) is 0 Å². The Hall–Kier alpha value is -3.04. The average molecular weight is 479 g/mol. The Morgan fingerprint density at radius 2 is 1.83 bits per heavy atom. The number of carbonyl (C=O) groups excluding carboxylic acids is 3. The number of benzene rings is 2. The molecule has 8 nitrogen and oxygen atoms in total. The zero-order valence-corrected chi connectivity index (χ0v) is 19.8. The van der Waals surface area contributed by atoms with Crippen molar-refractivity contribution in [3.8, 4) is 5.75 Å². The maximum Gasteiger partial charge on any atom is 0.255 e. The van der Waals surface area contributed by atoms with Crippen LogP contribution in [0.5, 0.6) is 5.75 Å². The summed E-state index contributed by atoms with van der Waals surface area (Å²) in [5.41, 5.74) is 3.24. The molecule has 2 atom stereocenters. The molecule has 2 unspecified atom stereocenters. The summed E-state index contributed by atoms with van der Waals surface area (Å²) < 4.78 is 11.4. The lowest BCUT2D eigenvalue weighted by molar-refractivity contribution is -0.136. The third-order valence-corrected chi connectivity index (χ3v) is 6.99. The Balaban J connectivity index is 1.23. The second-order valence-electron chi connectivity index (χ2n) is 9.39. The van der Waals surface area contributed by atoms with Gasteiger partial charge in [-0.3, -0.25) is 19.7 Å². The number of rotatable bonds is 6. The summed E-state index contributed by atoms with van der Waals surface area (Å²) >= 11 is 0. The van der Waals surface area contributed by atoms with Gasteiger partial charge in [-0.05, 0) is 35.0 Å². The third kappa shape index (κ3) is 4.69. The second kappa shape index (κ2) is 9.79. The van der Waals surface area contributed by atoms with Crippen molar-refractivity contribution in [2.24, 2.45) is 0 Å². The number of imide groups is 1. The van der Waals surface area contributed by atoms with E-state index in [2.05, 4.69) is 5.32 Å². The van der Waals surface area contributed by atoms with E-state index in [0.29, 0.717) is 44.0 Å². The van der Waals surface area contributed by atoms with Gasteiger partial charge >= 0.3 is 0 Å². The highest BCUT2D eigenvalue weighted by molar-refractivity contribution is 6.43. The van der Waals surface area contributed by atoms with Crippen molar-refractivity contribution in [2.45, 2.75) is 49.9 Å². The van der Waals surface area contributed by atoms with E-state index in [1.807, 2.05) is 35.2 Å². The Bertz CT molecular complexity index is 1190. The second-order valence-corrected chi connectivity index (χ2v) is 9.39. The molecule has 5 rings (SSSR count). The van der Waals surface area contributed by atoms with Crippen molar-refractivity contribution in [1.29, 1.82) is 0 Å². The van der Waals surface area contributed by atoms with Gasteiger partial charge in [0.25, 0.3) is 5.91 Å². The molecule has 0 aliphatic carbocycles. The first-order chi connectivity index (χ1) is 17.2. The lowest BCUT2D eigenvalue weighted by Crippen LogP contribution is -2.63. The molecular weight excluding hydrogens is 455 g/mol. The quantitative estimate of drug-likeness (QED) is 0.476. The molecular formula is C25H24B3N3O5. The van der Waals surface area contributed by atoms with Gasteiger partial charge in [-0.15, -0.1) is 0 Å². The molecule has 36 heavy (non-hydrogen) atoms. The summed E-state index contributed by atoms with van der Waals surface area (Å²) in [5.74, 6) is -0.379. The Morgan fingerprint density at radius 3 is 2.58 bits per heavy atom. The van der Waals surface area contributed by atoms with Gasteiger partial charge in [-0.2, -0.15) is 0 Å². The minimum absolute atomic E-state index is 0.214. The Morgan fingerprint density at radius 1 is 1.08 bits per heavy atom. The van der Waals surface area contributed by atoms with E-state index in [1.54, 1.807) is 12.1 Å². The number of morpholine rings is 1. The Labute approximate surface area is 213 Å². The molecule has 2 saturated heterocycles. The van der Waals surface area contributed by atoms with Gasteiger partial charge in [0.15, 0.2) is 0 Å². The van der Waals surface area contributed by atoms with Crippen molar-refractivity contribution in [2.75, 3.05) is 13.2 Å². The predicted molar refractivity (Wildman–Crippen MR) is 133 cm³/mol. The van der Waals surface area contributed by atoms with Crippen LogP contribution < -0.4 is 10.1 Å². The molecule has 3 aliphatic heterocycles. The summed E-state index contributed by atoms with van der Waals surface area (Å²) in [6.45, 7) is 2.16. The van der Waals surface area contributed by atoms with E-state index >= 15 is 0 Å². The van der Waals surface area contributed by atoms with Gasteiger partial charge in [0.05, 0.1) is 28.8 Å². The number of nitrogens with one attached hydrogen (secondary N) is 1. The highest BCUT2D eigenvalue weighted by Gasteiger charge is 2.40. The van der Waals surface area contributed by atoms with Crippen molar-refractivity contribution in [3.05, 3.63) is 64.7 Å². The molecule has 3 heterocycles. The molecule has 2 aromatic carbocycles.